The first-order chi connectivity index (χ1) is 16.5. The zero-order chi connectivity index (χ0) is 25.2. The quantitative estimate of drug-likeness (QED) is 0.506. The predicted molar refractivity (Wildman–Crippen MR) is 125 cm³/mol. The zero-order valence-corrected chi connectivity index (χ0v) is 19.4. The van der Waals surface area contributed by atoms with Crippen molar-refractivity contribution in [2.45, 2.75) is 42.8 Å². The van der Waals surface area contributed by atoms with Crippen LogP contribution in [0.5, 0.6) is 0 Å². The van der Waals surface area contributed by atoms with E-state index >= 15 is 0 Å². The van der Waals surface area contributed by atoms with E-state index in [2.05, 4.69) is 4.98 Å². The molecule has 2 aromatic heterocycles. The number of nitrogens with one attached hydrogen (secondary N) is 1. The highest BCUT2D eigenvalue weighted by molar-refractivity contribution is 7.89. The molecule has 1 amide bonds. The summed E-state index contributed by atoms with van der Waals surface area (Å²) in [7, 11) is -4.42. The molecule has 1 fully saturated rings. The van der Waals surface area contributed by atoms with Crippen LogP contribution in [0.3, 0.4) is 0 Å². The fraction of sp³-hybridized carbons (Fsp3) is 0.250. The van der Waals surface area contributed by atoms with Gasteiger partial charge >= 0.3 is 6.18 Å². The lowest BCUT2D eigenvalue weighted by atomic mass is 10.0. The van der Waals surface area contributed by atoms with Crippen molar-refractivity contribution in [1.29, 1.82) is 0 Å². The normalized spacial score (nSPS) is 16.7. The molecule has 7 nitrogen and oxygen atoms in total. The van der Waals surface area contributed by atoms with Gasteiger partial charge in [-0.15, -0.1) is 0 Å². The van der Waals surface area contributed by atoms with Gasteiger partial charge < -0.3 is 5.73 Å². The highest BCUT2D eigenvalue weighted by atomic mass is 32.2. The monoisotopic (exact) mass is 502 g/mol. The molecule has 1 aromatic carbocycles. The number of carbonyl (C=O) groups excluding carboxylic acids is 1. The second kappa shape index (κ2) is 7.79. The Labute approximate surface area is 199 Å². The highest BCUT2D eigenvalue weighted by Gasteiger charge is 2.65. The lowest BCUT2D eigenvalue weighted by molar-refractivity contribution is -0.160. The molecule has 0 spiro atoms. The Bertz CT molecular complexity index is 1530. The van der Waals surface area contributed by atoms with Crippen LogP contribution < -0.4 is 10.5 Å². The average molecular weight is 503 g/mol. The van der Waals surface area contributed by atoms with E-state index < -0.39 is 27.6 Å². The van der Waals surface area contributed by atoms with Gasteiger partial charge in [0, 0.05) is 17.3 Å². The highest BCUT2D eigenvalue weighted by Crippen LogP contribution is 2.49. The van der Waals surface area contributed by atoms with E-state index in [0.717, 1.165) is 11.3 Å². The summed E-state index contributed by atoms with van der Waals surface area (Å²) in [5.74, 6) is -0.679. The maximum atomic E-state index is 13.3. The number of aromatic nitrogens is 2. The molecule has 2 aliphatic rings. The van der Waals surface area contributed by atoms with Crippen LogP contribution in [0.25, 0.3) is 28.0 Å². The number of allylic oxidation sites excluding steroid dienone is 4. The third-order valence-electron chi connectivity index (χ3n) is 6.37. The molecule has 11 heteroatoms. The number of hydrogen-bond acceptors (Lipinski definition) is 4. The Morgan fingerprint density at radius 3 is 2.37 bits per heavy atom. The molecular formula is C24H21F3N4O3S. The van der Waals surface area contributed by atoms with Crippen molar-refractivity contribution in [2.24, 2.45) is 5.73 Å². The summed E-state index contributed by atoms with van der Waals surface area (Å²) < 4.78 is 68.8. The predicted octanol–water partition coefficient (Wildman–Crippen LogP) is 4.15. The van der Waals surface area contributed by atoms with Gasteiger partial charge in [-0.05, 0) is 60.7 Å². The van der Waals surface area contributed by atoms with Crippen molar-refractivity contribution in [3.63, 3.8) is 0 Å². The van der Waals surface area contributed by atoms with Gasteiger partial charge in [0.15, 0.2) is 0 Å². The summed E-state index contributed by atoms with van der Waals surface area (Å²) in [6, 6.07) is 7.17. The Morgan fingerprint density at radius 2 is 1.89 bits per heavy atom. The smallest absolute Gasteiger partial charge is 0.366 e. The largest absolute Gasteiger partial charge is 0.407 e. The van der Waals surface area contributed by atoms with Crippen LogP contribution >= 0.6 is 0 Å². The number of primary amides is 1. The number of benzene rings is 1. The summed E-state index contributed by atoms with van der Waals surface area (Å²) in [6.07, 6.45) is 2.62. The number of sulfonamides is 1. The van der Waals surface area contributed by atoms with Gasteiger partial charge in [0.25, 0.3) is 5.91 Å². The zero-order valence-electron chi connectivity index (χ0n) is 18.6. The van der Waals surface area contributed by atoms with Crippen molar-refractivity contribution < 1.29 is 26.4 Å². The summed E-state index contributed by atoms with van der Waals surface area (Å²) in [4.78, 5) is 16.8. The van der Waals surface area contributed by atoms with Gasteiger partial charge in [0.05, 0.1) is 16.2 Å². The number of nitrogens with zero attached hydrogens (tertiary/aromatic N) is 2. The second-order valence-electron chi connectivity index (χ2n) is 8.65. The number of alkyl halides is 3. The Kier molecular flexibility index (Phi) is 5.19. The molecule has 2 heterocycles. The molecule has 0 atom stereocenters. The summed E-state index contributed by atoms with van der Waals surface area (Å²) in [5.41, 5.74) is 6.66. The minimum atomic E-state index is -4.67. The van der Waals surface area contributed by atoms with Crippen LogP contribution in [0.4, 0.5) is 13.2 Å². The number of aryl methyl sites for hydroxylation is 1. The van der Waals surface area contributed by atoms with Crippen molar-refractivity contribution in [1.82, 2.24) is 14.3 Å². The molecule has 0 unspecified atom stereocenters. The first-order valence-electron chi connectivity index (χ1n) is 10.9. The molecule has 35 heavy (non-hydrogen) atoms. The van der Waals surface area contributed by atoms with E-state index in [0.29, 0.717) is 28.7 Å². The third-order valence-corrected chi connectivity index (χ3v) is 7.92. The number of pyridine rings is 1. The Balaban J connectivity index is 1.62. The number of rotatable bonds is 7. The van der Waals surface area contributed by atoms with Gasteiger partial charge in [-0.1, -0.05) is 25.1 Å². The maximum Gasteiger partial charge on any atom is 0.407 e. The third kappa shape index (κ3) is 3.75. The van der Waals surface area contributed by atoms with Crippen molar-refractivity contribution >= 4 is 32.7 Å². The van der Waals surface area contributed by atoms with Crippen LogP contribution in [0.15, 0.2) is 59.7 Å². The van der Waals surface area contributed by atoms with Gasteiger partial charge in [0.1, 0.15) is 11.2 Å². The molecule has 0 bridgehead atoms. The van der Waals surface area contributed by atoms with Crippen LogP contribution in [0, 0.1) is 0 Å². The number of hydrogen-bond donors (Lipinski definition) is 2. The summed E-state index contributed by atoms with van der Waals surface area (Å²) in [6.45, 7) is 1.96. The standard InChI is InChI=1S/C24H21F3N4O3S/c1-2-14-12-18-19(21(28)32)20(31(16-4-3-5-16)22(18)29-13-14)15-6-8-17(9-7-15)35(33,34)30-23(10-11-23)24(25,26)27/h3-9,12-13,30H,2,10-11H2,1H3,(H2,28,32). The lowest BCUT2D eigenvalue weighted by Crippen LogP contribution is -2.47. The van der Waals surface area contributed by atoms with E-state index in [-0.39, 0.29) is 23.3 Å². The molecule has 182 valence electrons. The number of nitrogens with two attached hydrogens (primary N) is 1. The topological polar surface area (TPSA) is 107 Å². The van der Waals surface area contributed by atoms with Crippen LogP contribution in [0.1, 0.15) is 35.7 Å². The van der Waals surface area contributed by atoms with Gasteiger partial charge in [-0.3, -0.25) is 9.36 Å². The molecule has 0 saturated heterocycles. The van der Waals surface area contributed by atoms with Gasteiger partial charge in [-0.25, -0.2) is 13.4 Å². The van der Waals surface area contributed by atoms with E-state index in [1.807, 2.05) is 35.9 Å². The number of fused-ring (bicyclic) bond motifs is 1. The van der Waals surface area contributed by atoms with Crippen LogP contribution in [-0.4, -0.2) is 35.6 Å². The van der Waals surface area contributed by atoms with Crippen molar-refractivity contribution in [2.75, 3.05) is 0 Å². The molecule has 0 radical (unpaired) electrons. The fourth-order valence-electron chi connectivity index (χ4n) is 4.18. The van der Waals surface area contributed by atoms with E-state index in [4.69, 9.17) is 5.73 Å². The maximum absolute atomic E-state index is 13.3. The minimum Gasteiger partial charge on any atom is -0.366 e. The van der Waals surface area contributed by atoms with Gasteiger partial charge in [0.2, 0.25) is 10.0 Å². The molecule has 3 N–H and O–H groups in total. The number of carbonyl (C=O) groups is 1. The molecule has 3 aromatic rings. The molecule has 1 saturated carbocycles. The SMILES string of the molecule is CCc1cnc2c(c1)c(C(N)=O)c(-c1ccc(S(=O)(=O)NC3(C(F)(F)F)CC3)cc1)n2C1=CC=C1. The van der Waals surface area contributed by atoms with Crippen LogP contribution in [0.2, 0.25) is 0 Å². The molecular weight excluding hydrogens is 481 g/mol. The second-order valence-corrected chi connectivity index (χ2v) is 10.3. The van der Waals surface area contributed by atoms with E-state index in [9.17, 15) is 26.4 Å². The number of halogens is 3. The number of amides is 1. The lowest BCUT2D eigenvalue weighted by Gasteiger charge is -2.20. The Hall–Kier alpha value is -3.44. The van der Waals surface area contributed by atoms with Crippen molar-refractivity contribution in [3.8, 4) is 11.3 Å². The summed E-state index contributed by atoms with van der Waals surface area (Å²) >= 11 is 0. The van der Waals surface area contributed by atoms with Gasteiger partial charge in [-0.2, -0.15) is 17.9 Å². The summed E-state index contributed by atoms with van der Waals surface area (Å²) in [5, 5.41) is 0.562. The molecule has 2 aliphatic carbocycles. The van der Waals surface area contributed by atoms with Crippen molar-refractivity contribution in [3.05, 3.63) is 65.9 Å². The van der Waals surface area contributed by atoms with E-state index in [1.165, 1.54) is 24.3 Å². The average Bonchev–Trinajstić information content (AvgIpc) is 3.47. The molecule has 5 rings (SSSR count). The molecule has 0 aliphatic heterocycles. The fourth-order valence-corrected chi connectivity index (χ4v) is 5.63. The Morgan fingerprint density at radius 1 is 1.23 bits per heavy atom. The first kappa shape index (κ1) is 23.3. The van der Waals surface area contributed by atoms with Crippen LogP contribution in [-0.2, 0) is 16.4 Å². The minimum absolute atomic E-state index is 0.228. The van der Waals surface area contributed by atoms with E-state index in [1.54, 1.807) is 10.8 Å². The first-order valence-corrected chi connectivity index (χ1v) is 12.4.